The van der Waals surface area contributed by atoms with Gasteiger partial charge in [0, 0.05) is 22.6 Å². The zero-order valence-electron chi connectivity index (χ0n) is 12.8. The van der Waals surface area contributed by atoms with E-state index in [1.54, 1.807) is 11.0 Å². The molecule has 22 heavy (non-hydrogen) atoms. The smallest absolute Gasteiger partial charge is 0.264 e. The summed E-state index contributed by atoms with van der Waals surface area (Å²) in [6, 6.07) is 3.77. The van der Waals surface area contributed by atoms with E-state index >= 15 is 0 Å². The quantitative estimate of drug-likeness (QED) is 0.813. The molecular formula is C18H22Cl2NO+. The highest BCUT2D eigenvalue weighted by atomic mass is 35.5. The number of fused-ring (bicyclic) bond motifs is 2. The van der Waals surface area contributed by atoms with Crippen LogP contribution in [0.3, 0.4) is 0 Å². The lowest BCUT2D eigenvalue weighted by molar-refractivity contribution is -0.972. The minimum atomic E-state index is -0.177. The predicted octanol–water partition coefficient (Wildman–Crippen LogP) is 4.11. The number of hydrogen-bond donors (Lipinski definition) is 1. The summed E-state index contributed by atoms with van der Waals surface area (Å²) in [7, 11) is 0. The Hall–Kier alpha value is -0.700. The molecule has 0 bridgehead atoms. The summed E-state index contributed by atoms with van der Waals surface area (Å²) in [6.07, 6.45) is 11.0. The molecule has 1 aromatic carbocycles. The molecule has 4 heteroatoms. The lowest BCUT2D eigenvalue weighted by atomic mass is 9.81. The number of halogens is 2. The number of benzene rings is 1. The fourth-order valence-corrected chi connectivity index (χ4v) is 4.92. The molecule has 1 unspecified atom stereocenters. The molecule has 2 heterocycles. The zero-order chi connectivity index (χ0) is 15.2. The maximum Gasteiger partial charge on any atom is 0.264 e. The van der Waals surface area contributed by atoms with Crippen molar-refractivity contribution in [2.24, 2.45) is 0 Å². The molecule has 2 nitrogen and oxygen atoms in total. The summed E-state index contributed by atoms with van der Waals surface area (Å²) < 4.78 is 6.65. The van der Waals surface area contributed by atoms with Crippen LogP contribution in [-0.2, 0) is 0 Å². The lowest BCUT2D eigenvalue weighted by Crippen LogP contribution is -3.22. The van der Waals surface area contributed by atoms with E-state index in [0.717, 1.165) is 24.2 Å². The topological polar surface area (TPSA) is 13.7 Å². The van der Waals surface area contributed by atoms with Gasteiger partial charge in [-0.25, -0.2) is 0 Å². The van der Waals surface area contributed by atoms with Crippen LogP contribution < -0.4 is 9.64 Å². The maximum absolute atomic E-state index is 6.65. The molecule has 0 spiro atoms. The molecule has 1 aromatic rings. The summed E-state index contributed by atoms with van der Waals surface area (Å²) in [4.78, 5) is 1.60. The van der Waals surface area contributed by atoms with Crippen LogP contribution in [-0.4, -0.2) is 18.8 Å². The standard InChI is InChI=1S/C18H21Cl2NO/c19-15-11-13-10-14-6-2-3-7-18(14,21-8-4-1-5-9-21)22-17(13)16(20)12-15/h10-12H,1-9H2/p+1. The third-order valence-corrected chi connectivity index (χ3v) is 5.91. The van der Waals surface area contributed by atoms with E-state index < -0.39 is 0 Å². The molecule has 1 saturated carbocycles. The maximum atomic E-state index is 6.65. The van der Waals surface area contributed by atoms with Gasteiger partial charge in [-0.1, -0.05) is 23.2 Å². The van der Waals surface area contributed by atoms with Gasteiger partial charge in [0.15, 0.2) is 5.75 Å². The largest absolute Gasteiger partial charge is 0.434 e. The Labute approximate surface area is 142 Å². The number of hydrogen-bond acceptors (Lipinski definition) is 1. The van der Waals surface area contributed by atoms with Crippen molar-refractivity contribution in [1.82, 2.24) is 0 Å². The highest BCUT2D eigenvalue weighted by molar-refractivity contribution is 6.36. The highest BCUT2D eigenvalue weighted by Gasteiger charge is 2.50. The first-order valence-electron chi connectivity index (χ1n) is 8.43. The first-order chi connectivity index (χ1) is 10.7. The van der Waals surface area contributed by atoms with Crippen molar-refractivity contribution in [2.45, 2.75) is 50.7 Å². The SMILES string of the molecule is Clc1cc(Cl)c2c(c1)C=C1CCCCC1([NH+]1CCCCC1)O2. The summed E-state index contributed by atoms with van der Waals surface area (Å²) in [6.45, 7) is 2.41. The lowest BCUT2D eigenvalue weighted by Gasteiger charge is -2.47. The fourth-order valence-electron chi connectivity index (χ4n) is 4.37. The molecular weight excluding hydrogens is 317 g/mol. The molecule has 0 aromatic heterocycles. The molecule has 1 saturated heterocycles. The number of nitrogens with one attached hydrogen (secondary N) is 1. The van der Waals surface area contributed by atoms with Crippen LogP contribution in [0.4, 0.5) is 0 Å². The van der Waals surface area contributed by atoms with Crippen molar-refractivity contribution in [3.05, 3.63) is 33.3 Å². The van der Waals surface area contributed by atoms with Gasteiger partial charge in [-0.2, -0.15) is 0 Å². The van der Waals surface area contributed by atoms with Crippen molar-refractivity contribution >= 4 is 29.3 Å². The number of piperidine rings is 1. The third-order valence-electron chi connectivity index (χ3n) is 5.42. The highest BCUT2D eigenvalue weighted by Crippen LogP contribution is 2.44. The molecule has 1 atom stereocenters. The van der Waals surface area contributed by atoms with E-state index in [-0.39, 0.29) is 5.72 Å². The Morgan fingerprint density at radius 1 is 1.00 bits per heavy atom. The monoisotopic (exact) mass is 338 g/mol. The third kappa shape index (κ3) is 2.36. The number of likely N-dealkylation sites (tertiary alicyclic amines) is 1. The van der Waals surface area contributed by atoms with Crippen LogP contribution in [0.25, 0.3) is 6.08 Å². The molecule has 0 radical (unpaired) electrons. The minimum Gasteiger partial charge on any atom is -0.434 e. The fraction of sp³-hybridized carbons (Fsp3) is 0.556. The molecule has 118 valence electrons. The minimum absolute atomic E-state index is 0.177. The van der Waals surface area contributed by atoms with Crippen molar-refractivity contribution in [3.63, 3.8) is 0 Å². The van der Waals surface area contributed by atoms with Crippen LogP contribution in [0, 0.1) is 0 Å². The Kier molecular flexibility index (Phi) is 3.88. The van der Waals surface area contributed by atoms with Gasteiger partial charge in [0.25, 0.3) is 5.72 Å². The van der Waals surface area contributed by atoms with Crippen molar-refractivity contribution in [1.29, 1.82) is 0 Å². The van der Waals surface area contributed by atoms with Gasteiger partial charge in [-0.3, -0.25) is 4.90 Å². The van der Waals surface area contributed by atoms with Gasteiger partial charge in [-0.05, 0) is 56.7 Å². The average molecular weight is 339 g/mol. The summed E-state index contributed by atoms with van der Waals surface area (Å²) in [5, 5.41) is 1.32. The molecule has 2 aliphatic heterocycles. The van der Waals surface area contributed by atoms with E-state index in [9.17, 15) is 0 Å². The van der Waals surface area contributed by atoms with Crippen molar-refractivity contribution < 1.29 is 9.64 Å². The second-order valence-corrected chi connectivity index (χ2v) is 7.62. The first kappa shape index (κ1) is 14.9. The van der Waals surface area contributed by atoms with Crippen LogP contribution in [0.15, 0.2) is 17.7 Å². The second kappa shape index (κ2) is 5.74. The Morgan fingerprint density at radius 2 is 1.82 bits per heavy atom. The molecule has 0 amide bonds. The Bertz CT molecular complexity index is 622. The van der Waals surface area contributed by atoms with E-state index in [1.807, 2.05) is 6.07 Å². The van der Waals surface area contributed by atoms with Gasteiger partial charge < -0.3 is 4.74 Å². The normalized spacial score (nSPS) is 28.4. The van der Waals surface area contributed by atoms with Gasteiger partial charge in [0.05, 0.1) is 18.1 Å². The summed E-state index contributed by atoms with van der Waals surface area (Å²) in [5.74, 6) is 0.829. The molecule has 3 aliphatic rings. The summed E-state index contributed by atoms with van der Waals surface area (Å²) in [5.41, 5.74) is 2.31. The number of quaternary nitrogens is 1. The van der Waals surface area contributed by atoms with Gasteiger partial charge in [0.2, 0.25) is 0 Å². The van der Waals surface area contributed by atoms with Gasteiger partial charge in [0.1, 0.15) is 0 Å². The first-order valence-corrected chi connectivity index (χ1v) is 9.19. The van der Waals surface area contributed by atoms with Crippen molar-refractivity contribution in [3.8, 4) is 5.75 Å². The zero-order valence-corrected chi connectivity index (χ0v) is 14.3. The number of rotatable bonds is 1. The van der Waals surface area contributed by atoms with Crippen LogP contribution in [0.2, 0.25) is 10.0 Å². The van der Waals surface area contributed by atoms with E-state index in [4.69, 9.17) is 27.9 Å². The molecule has 2 fully saturated rings. The van der Waals surface area contributed by atoms with Crippen LogP contribution in [0.1, 0.15) is 50.5 Å². The van der Waals surface area contributed by atoms with Gasteiger partial charge >= 0.3 is 0 Å². The molecule has 1 aliphatic carbocycles. The van der Waals surface area contributed by atoms with E-state index in [2.05, 4.69) is 6.08 Å². The van der Waals surface area contributed by atoms with Crippen LogP contribution in [0.5, 0.6) is 5.75 Å². The molecule has 1 N–H and O–H groups in total. The predicted molar refractivity (Wildman–Crippen MR) is 90.8 cm³/mol. The summed E-state index contributed by atoms with van der Waals surface area (Å²) >= 11 is 12.6. The van der Waals surface area contributed by atoms with Crippen LogP contribution >= 0.6 is 23.2 Å². The Morgan fingerprint density at radius 3 is 2.64 bits per heavy atom. The van der Waals surface area contributed by atoms with Gasteiger partial charge in [-0.15, -0.1) is 0 Å². The Balaban J connectivity index is 1.80. The average Bonchev–Trinajstić information content (AvgIpc) is 2.54. The van der Waals surface area contributed by atoms with Crippen molar-refractivity contribution in [2.75, 3.05) is 13.1 Å². The van der Waals surface area contributed by atoms with E-state index in [0.29, 0.717) is 10.0 Å². The number of ether oxygens (including phenoxy) is 1. The molecule has 4 rings (SSSR count). The van der Waals surface area contributed by atoms with E-state index in [1.165, 1.54) is 50.8 Å². The second-order valence-electron chi connectivity index (χ2n) is 6.78.